The van der Waals surface area contributed by atoms with Crippen molar-refractivity contribution in [3.63, 3.8) is 0 Å². The molecule has 0 aromatic heterocycles. The molecule has 4 heteroatoms. The summed E-state index contributed by atoms with van der Waals surface area (Å²) >= 11 is 0. The number of rotatable bonds is 2. The molecule has 0 saturated carbocycles. The Balaban J connectivity index is 2.24. The molecule has 21 heavy (non-hydrogen) atoms. The molecule has 0 unspecified atom stereocenters. The Morgan fingerprint density at radius 1 is 1.29 bits per heavy atom. The number of nitrogens with two attached hydrogens (primary N) is 1. The number of carbonyl (C=O) groups is 1. The number of nitrogens with one attached hydrogen (secondary N) is 1. The molecule has 106 valence electrons. The second-order valence-corrected chi connectivity index (χ2v) is 4.56. The van der Waals surface area contributed by atoms with Gasteiger partial charge in [-0.2, -0.15) is 0 Å². The zero-order valence-electron chi connectivity index (χ0n) is 11.6. The van der Waals surface area contributed by atoms with Gasteiger partial charge in [-0.05, 0) is 48.9 Å². The molecule has 0 aliphatic rings. The average Bonchev–Trinajstić information content (AvgIpc) is 2.44. The van der Waals surface area contributed by atoms with Gasteiger partial charge in [-0.1, -0.05) is 17.9 Å². The van der Waals surface area contributed by atoms with Crippen LogP contribution in [0.4, 0.5) is 10.1 Å². The summed E-state index contributed by atoms with van der Waals surface area (Å²) in [4.78, 5) is 12.2. The second kappa shape index (κ2) is 6.69. The van der Waals surface area contributed by atoms with Gasteiger partial charge in [0, 0.05) is 16.8 Å². The summed E-state index contributed by atoms with van der Waals surface area (Å²) in [6.07, 6.45) is 0. The van der Waals surface area contributed by atoms with E-state index in [-0.39, 0.29) is 12.5 Å². The minimum Gasteiger partial charge on any atom is -0.322 e. The van der Waals surface area contributed by atoms with Gasteiger partial charge in [0.05, 0.1) is 6.54 Å². The van der Waals surface area contributed by atoms with E-state index in [2.05, 4.69) is 17.2 Å². The van der Waals surface area contributed by atoms with E-state index in [0.717, 1.165) is 11.1 Å². The van der Waals surface area contributed by atoms with E-state index in [0.29, 0.717) is 11.3 Å². The highest BCUT2D eigenvalue weighted by molar-refractivity contribution is 6.04. The standard InChI is InChI=1S/C17H15FN2O/c1-12-8-13(4-3-7-19)10-14(9-12)17(21)20-16-6-2-5-15(18)11-16/h2,5-6,8-11H,7,19H2,1H3,(H,20,21). The Kier molecular flexibility index (Phi) is 4.70. The van der Waals surface area contributed by atoms with E-state index in [1.54, 1.807) is 24.3 Å². The maximum absolute atomic E-state index is 13.1. The minimum absolute atomic E-state index is 0.263. The molecule has 0 saturated heterocycles. The molecule has 0 atom stereocenters. The molecule has 2 aromatic carbocycles. The first-order valence-corrected chi connectivity index (χ1v) is 6.46. The first-order valence-electron chi connectivity index (χ1n) is 6.46. The van der Waals surface area contributed by atoms with Gasteiger partial charge in [0.1, 0.15) is 5.82 Å². The number of halogens is 1. The predicted molar refractivity (Wildman–Crippen MR) is 81.5 cm³/mol. The summed E-state index contributed by atoms with van der Waals surface area (Å²) in [5.41, 5.74) is 7.87. The number of amides is 1. The lowest BCUT2D eigenvalue weighted by Gasteiger charge is -2.07. The number of hydrogen-bond donors (Lipinski definition) is 2. The van der Waals surface area contributed by atoms with Crippen molar-refractivity contribution in [3.05, 3.63) is 65.0 Å². The highest BCUT2D eigenvalue weighted by Gasteiger charge is 2.08. The van der Waals surface area contributed by atoms with Crippen LogP contribution in [0.2, 0.25) is 0 Å². The van der Waals surface area contributed by atoms with E-state index in [4.69, 9.17) is 5.73 Å². The number of carbonyl (C=O) groups excluding carboxylic acids is 1. The predicted octanol–water partition coefficient (Wildman–Crippen LogP) is 2.70. The van der Waals surface area contributed by atoms with Gasteiger partial charge < -0.3 is 11.1 Å². The molecule has 2 aromatic rings. The molecular weight excluding hydrogens is 267 g/mol. The van der Waals surface area contributed by atoms with Crippen LogP contribution < -0.4 is 11.1 Å². The molecule has 0 aliphatic heterocycles. The van der Waals surface area contributed by atoms with Crippen LogP contribution in [0, 0.1) is 24.6 Å². The van der Waals surface area contributed by atoms with Gasteiger partial charge in [-0.3, -0.25) is 4.79 Å². The van der Waals surface area contributed by atoms with Gasteiger partial charge in [0.15, 0.2) is 0 Å². The quantitative estimate of drug-likeness (QED) is 0.832. The Hall–Kier alpha value is -2.64. The minimum atomic E-state index is -0.397. The zero-order valence-corrected chi connectivity index (χ0v) is 11.6. The Labute approximate surface area is 123 Å². The summed E-state index contributed by atoms with van der Waals surface area (Å²) in [5.74, 6) is 4.95. The smallest absolute Gasteiger partial charge is 0.255 e. The lowest BCUT2D eigenvalue weighted by Crippen LogP contribution is -2.12. The molecule has 0 aliphatic carbocycles. The lowest BCUT2D eigenvalue weighted by molar-refractivity contribution is 0.102. The Morgan fingerprint density at radius 2 is 2.10 bits per heavy atom. The van der Waals surface area contributed by atoms with E-state index >= 15 is 0 Å². The zero-order chi connectivity index (χ0) is 15.2. The van der Waals surface area contributed by atoms with Crippen molar-refractivity contribution >= 4 is 11.6 Å². The van der Waals surface area contributed by atoms with Crippen LogP contribution in [-0.4, -0.2) is 12.5 Å². The van der Waals surface area contributed by atoms with Gasteiger partial charge in [0.25, 0.3) is 5.91 Å². The third-order valence-corrected chi connectivity index (χ3v) is 2.76. The van der Waals surface area contributed by atoms with Crippen LogP contribution in [0.15, 0.2) is 42.5 Å². The SMILES string of the molecule is Cc1cc(C#CCN)cc(C(=O)Nc2cccc(F)c2)c1. The molecular formula is C17H15FN2O. The third kappa shape index (κ3) is 4.16. The number of benzene rings is 2. The van der Waals surface area contributed by atoms with E-state index in [1.807, 2.05) is 13.0 Å². The number of aryl methyl sites for hydroxylation is 1. The topological polar surface area (TPSA) is 55.1 Å². The summed E-state index contributed by atoms with van der Waals surface area (Å²) in [6.45, 7) is 2.14. The van der Waals surface area contributed by atoms with Crippen LogP contribution >= 0.6 is 0 Å². The molecule has 0 bridgehead atoms. The lowest BCUT2D eigenvalue weighted by atomic mass is 10.1. The van der Waals surface area contributed by atoms with Crippen molar-refractivity contribution in [2.75, 3.05) is 11.9 Å². The first kappa shape index (κ1) is 14.8. The fourth-order valence-electron chi connectivity index (χ4n) is 1.91. The van der Waals surface area contributed by atoms with Crippen LogP contribution in [0.3, 0.4) is 0 Å². The summed E-state index contributed by atoms with van der Waals surface area (Å²) in [5, 5.41) is 2.66. The average molecular weight is 282 g/mol. The van der Waals surface area contributed by atoms with E-state index < -0.39 is 5.82 Å². The van der Waals surface area contributed by atoms with Crippen LogP contribution in [0.5, 0.6) is 0 Å². The highest BCUT2D eigenvalue weighted by Crippen LogP contribution is 2.13. The summed E-state index contributed by atoms with van der Waals surface area (Å²) in [7, 11) is 0. The van der Waals surface area contributed by atoms with Gasteiger partial charge in [-0.15, -0.1) is 0 Å². The summed E-state index contributed by atoms with van der Waals surface area (Å²) < 4.78 is 13.1. The van der Waals surface area contributed by atoms with Crippen molar-refractivity contribution in [1.29, 1.82) is 0 Å². The number of anilines is 1. The molecule has 3 N–H and O–H groups in total. The highest BCUT2D eigenvalue weighted by atomic mass is 19.1. The van der Waals surface area contributed by atoms with Crippen LogP contribution in [0.25, 0.3) is 0 Å². The normalized spacial score (nSPS) is 9.67. The largest absolute Gasteiger partial charge is 0.322 e. The summed E-state index contributed by atoms with van der Waals surface area (Å²) in [6, 6.07) is 11.1. The maximum Gasteiger partial charge on any atom is 0.255 e. The van der Waals surface area contributed by atoms with Crippen LogP contribution in [0.1, 0.15) is 21.5 Å². The van der Waals surface area contributed by atoms with Crippen molar-refractivity contribution in [2.24, 2.45) is 5.73 Å². The van der Waals surface area contributed by atoms with Gasteiger partial charge in [0.2, 0.25) is 0 Å². The Bertz CT molecular complexity index is 729. The first-order chi connectivity index (χ1) is 10.1. The van der Waals surface area contributed by atoms with Crippen molar-refractivity contribution in [2.45, 2.75) is 6.92 Å². The molecule has 0 spiro atoms. The fraction of sp³-hybridized carbons (Fsp3) is 0.118. The van der Waals surface area contributed by atoms with Crippen molar-refractivity contribution < 1.29 is 9.18 Å². The van der Waals surface area contributed by atoms with Crippen LogP contribution in [-0.2, 0) is 0 Å². The third-order valence-electron chi connectivity index (χ3n) is 2.76. The number of hydrogen-bond acceptors (Lipinski definition) is 2. The monoisotopic (exact) mass is 282 g/mol. The van der Waals surface area contributed by atoms with Crippen molar-refractivity contribution in [1.82, 2.24) is 0 Å². The molecule has 0 heterocycles. The molecule has 3 nitrogen and oxygen atoms in total. The van der Waals surface area contributed by atoms with E-state index in [9.17, 15) is 9.18 Å². The molecule has 2 rings (SSSR count). The van der Waals surface area contributed by atoms with Gasteiger partial charge >= 0.3 is 0 Å². The maximum atomic E-state index is 13.1. The van der Waals surface area contributed by atoms with Crippen molar-refractivity contribution in [3.8, 4) is 11.8 Å². The molecule has 0 radical (unpaired) electrons. The van der Waals surface area contributed by atoms with Gasteiger partial charge in [-0.25, -0.2) is 4.39 Å². The fourth-order valence-corrected chi connectivity index (χ4v) is 1.91. The second-order valence-electron chi connectivity index (χ2n) is 4.56. The Morgan fingerprint density at radius 3 is 2.81 bits per heavy atom. The van der Waals surface area contributed by atoms with E-state index in [1.165, 1.54) is 12.1 Å². The molecule has 1 amide bonds. The molecule has 0 fully saturated rings.